The van der Waals surface area contributed by atoms with Crippen LogP contribution in [0.1, 0.15) is 54.5 Å². The fraction of sp³-hybridized carbons (Fsp3) is 0.684. The van der Waals surface area contributed by atoms with Crippen molar-refractivity contribution in [2.75, 3.05) is 26.7 Å². The van der Waals surface area contributed by atoms with E-state index < -0.39 is 0 Å². The lowest BCUT2D eigenvalue weighted by molar-refractivity contribution is 0.237. The first-order chi connectivity index (χ1) is 10.0. The molecule has 0 radical (unpaired) electrons. The van der Waals surface area contributed by atoms with Gasteiger partial charge in [0.2, 0.25) is 0 Å². The minimum absolute atomic E-state index is 0.441. The number of hydrogen-bond donors (Lipinski definition) is 1. The highest BCUT2D eigenvalue weighted by Crippen LogP contribution is 2.31. The van der Waals surface area contributed by atoms with E-state index in [9.17, 15) is 0 Å². The summed E-state index contributed by atoms with van der Waals surface area (Å²) >= 11 is 0. The molecule has 1 saturated carbocycles. The fourth-order valence-electron chi connectivity index (χ4n) is 3.56. The molecule has 1 aromatic rings. The molecule has 21 heavy (non-hydrogen) atoms. The van der Waals surface area contributed by atoms with Crippen LogP contribution in [-0.4, -0.2) is 31.6 Å². The molecule has 1 aliphatic rings. The number of aryl methyl sites for hydroxylation is 3. The molecule has 0 amide bonds. The summed E-state index contributed by atoms with van der Waals surface area (Å²) in [6.07, 6.45) is 4.12. The van der Waals surface area contributed by atoms with Gasteiger partial charge in [0.1, 0.15) is 0 Å². The molecule has 0 aliphatic heterocycles. The Labute approximate surface area is 130 Å². The van der Waals surface area contributed by atoms with Crippen LogP contribution in [0, 0.1) is 26.7 Å². The molecule has 2 nitrogen and oxygen atoms in total. The molecule has 1 N–H and O–H groups in total. The van der Waals surface area contributed by atoms with Crippen molar-refractivity contribution in [3.8, 4) is 0 Å². The molecule has 1 fully saturated rings. The third kappa shape index (κ3) is 4.55. The van der Waals surface area contributed by atoms with Crippen LogP contribution in [0.25, 0.3) is 0 Å². The minimum atomic E-state index is 0.441. The van der Waals surface area contributed by atoms with Crippen molar-refractivity contribution in [2.45, 2.75) is 53.0 Å². The van der Waals surface area contributed by atoms with E-state index in [-0.39, 0.29) is 0 Å². The molecule has 2 rings (SSSR count). The summed E-state index contributed by atoms with van der Waals surface area (Å²) < 4.78 is 0. The number of nitrogens with zero attached hydrogens (tertiary/aromatic N) is 1. The lowest BCUT2D eigenvalue weighted by Crippen LogP contribution is -2.36. The largest absolute Gasteiger partial charge is 0.312 e. The van der Waals surface area contributed by atoms with Crippen LogP contribution in [0.4, 0.5) is 0 Å². The van der Waals surface area contributed by atoms with Gasteiger partial charge >= 0.3 is 0 Å². The molecule has 0 spiro atoms. The first kappa shape index (κ1) is 16.5. The lowest BCUT2D eigenvalue weighted by atomic mass is 9.93. The van der Waals surface area contributed by atoms with E-state index >= 15 is 0 Å². The van der Waals surface area contributed by atoms with Crippen LogP contribution in [0.5, 0.6) is 0 Å². The average Bonchev–Trinajstić information content (AvgIpc) is 3.20. The van der Waals surface area contributed by atoms with Gasteiger partial charge in [0.25, 0.3) is 0 Å². The molecule has 0 bridgehead atoms. The Kier molecular flexibility index (Phi) is 5.83. The molecule has 1 aliphatic carbocycles. The molecular formula is C19H32N2. The van der Waals surface area contributed by atoms with Crippen molar-refractivity contribution in [1.29, 1.82) is 0 Å². The van der Waals surface area contributed by atoms with E-state index in [2.05, 4.69) is 57.1 Å². The average molecular weight is 288 g/mol. The quantitative estimate of drug-likeness (QED) is 0.778. The number of hydrogen-bond acceptors (Lipinski definition) is 2. The Morgan fingerprint density at radius 3 is 2.29 bits per heavy atom. The summed E-state index contributed by atoms with van der Waals surface area (Å²) in [4.78, 5) is 2.66. The number of likely N-dealkylation sites (N-methyl/N-ethyl adjacent to an activating group) is 1. The third-order valence-electron chi connectivity index (χ3n) is 4.63. The second-order valence-corrected chi connectivity index (χ2v) is 6.86. The molecule has 0 heterocycles. The van der Waals surface area contributed by atoms with Gasteiger partial charge in [0.05, 0.1) is 0 Å². The van der Waals surface area contributed by atoms with Crippen LogP contribution >= 0.6 is 0 Å². The normalized spacial score (nSPS) is 16.5. The molecule has 118 valence electrons. The van der Waals surface area contributed by atoms with Crippen LogP contribution < -0.4 is 5.32 Å². The summed E-state index contributed by atoms with van der Waals surface area (Å²) in [5.41, 5.74) is 5.72. The maximum atomic E-state index is 3.56. The summed E-state index contributed by atoms with van der Waals surface area (Å²) in [6.45, 7) is 12.6. The van der Waals surface area contributed by atoms with Crippen molar-refractivity contribution in [1.82, 2.24) is 10.2 Å². The van der Waals surface area contributed by atoms with Gasteiger partial charge in [-0.1, -0.05) is 24.6 Å². The Balaban J connectivity index is 2.13. The van der Waals surface area contributed by atoms with Crippen molar-refractivity contribution >= 4 is 0 Å². The topological polar surface area (TPSA) is 15.3 Å². The smallest absolute Gasteiger partial charge is 0.0452 e. The first-order valence-electron chi connectivity index (χ1n) is 8.52. The summed E-state index contributed by atoms with van der Waals surface area (Å²) in [6, 6.07) is 5.08. The van der Waals surface area contributed by atoms with E-state index in [1.54, 1.807) is 0 Å². The lowest BCUT2D eigenvalue weighted by Gasteiger charge is -2.29. The van der Waals surface area contributed by atoms with Gasteiger partial charge in [-0.3, -0.25) is 0 Å². The Bertz CT molecular complexity index is 440. The standard InChI is InChI=1S/C19H32N2/c1-6-9-21(12-17-7-8-17)13-18(20-5)19-15(3)10-14(2)11-16(19)4/h10-11,17-18,20H,6-9,12-13H2,1-5H3. The molecule has 0 aromatic heterocycles. The Hall–Kier alpha value is -0.860. The molecule has 1 unspecified atom stereocenters. The zero-order valence-electron chi connectivity index (χ0n) is 14.5. The summed E-state index contributed by atoms with van der Waals surface area (Å²) in [5.74, 6) is 0.967. The first-order valence-corrected chi connectivity index (χ1v) is 8.52. The fourth-order valence-corrected chi connectivity index (χ4v) is 3.56. The molecule has 1 aromatic carbocycles. The summed E-state index contributed by atoms with van der Waals surface area (Å²) in [7, 11) is 2.10. The SMILES string of the molecule is CCCN(CC1CC1)CC(NC)c1c(C)cc(C)cc1C. The van der Waals surface area contributed by atoms with Gasteiger partial charge in [0, 0.05) is 19.1 Å². The Morgan fingerprint density at radius 2 is 1.81 bits per heavy atom. The third-order valence-corrected chi connectivity index (χ3v) is 4.63. The van der Waals surface area contributed by atoms with Crippen molar-refractivity contribution < 1.29 is 0 Å². The van der Waals surface area contributed by atoms with Crippen LogP contribution in [0.3, 0.4) is 0 Å². The maximum absolute atomic E-state index is 3.56. The van der Waals surface area contributed by atoms with Crippen LogP contribution in [-0.2, 0) is 0 Å². The zero-order chi connectivity index (χ0) is 15.4. The molecule has 1 atom stereocenters. The number of benzene rings is 1. The van der Waals surface area contributed by atoms with E-state index in [1.807, 2.05) is 0 Å². The molecule has 2 heteroatoms. The second kappa shape index (κ2) is 7.42. The monoisotopic (exact) mass is 288 g/mol. The number of rotatable bonds is 8. The maximum Gasteiger partial charge on any atom is 0.0452 e. The molecular weight excluding hydrogens is 256 g/mol. The second-order valence-electron chi connectivity index (χ2n) is 6.86. The van der Waals surface area contributed by atoms with Gasteiger partial charge < -0.3 is 10.2 Å². The van der Waals surface area contributed by atoms with E-state index in [4.69, 9.17) is 0 Å². The highest BCUT2D eigenvalue weighted by molar-refractivity contribution is 5.39. The minimum Gasteiger partial charge on any atom is -0.312 e. The van der Waals surface area contributed by atoms with E-state index in [1.165, 1.54) is 54.6 Å². The highest BCUT2D eigenvalue weighted by atomic mass is 15.1. The predicted octanol–water partition coefficient (Wildman–Crippen LogP) is 3.99. The van der Waals surface area contributed by atoms with Crippen molar-refractivity contribution in [3.05, 3.63) is 34.4 Å². The summed E-state index contributed by atoms with van der Waals surface area (Å²) in [5, 5.41) is 3.56. The van der Waals surface area contributed by atoms with E-state index in [0.717, 1.165) is 12.5 Å². The molecule has 0 saturated heterocycles. The van der Waals surface area contributed by atoms with Gasteiger partial charge in [-0.15, -0.1) is 0 Å². The van der Waals surface area contributed by atoms with Gasteiger partial charge in [0.15, 0.2) is 0 Å². The Morgan fingerprint density at radius 1 is 1.19 bits per heavy atom. The van der Waals surface area contributed by atoms with E-state index in [0.29, 0.717) is 6.04 Å². The van der Waals surface area contributed by atoms with Gasteiger partial charge in [-0.25, -0.2) is 0 Å². The van der Waals surface area contributed by atoms with Crippen LogP contribution in [0.15, 0.2) is 12.1 Å². The van der Waals surface area contributed by atoms with Crippen molar-refractivity contribution in [2.24, 2.45) is 5.92 Å². The zero-order valence-corrected chi connectivity index (χ0v) is 14.5. The van der Waals surface area contributed by atoms with Gasteiger partial charge in [-0.2, -0.15) is 0 Å². The van der Waals surface area contributed by atoms with Crippen molar-refractivity contribution in [3.63, 3.8) is 0 Å². The highest BCUT2D eigenvalue weighted by Gasteiger charge is 2.26. The number of nitrogens with one attached hydrogen (secondary N) is 1. The predicted molar refractivity (Wildman–Crippen MR) is 91.9 cm³/mol. The van der Waals surface area contributed by atoms with Crippen LogP contribution in [0.2, 0.25) is 0 Å². The van der Waals surface area contributed by atoms with Gasteiger partial charge in [-0.05, 0) is 76.2 Å².